The van der Waals surface area contributed by atoms with Crippen molar-refractivity contribution in [3.05, 3.63) is 18.2 Å². The first-order valence-electron chi connectivity index (χ1n) is 4.77. The number of aryl methyl sites for hydroxylation is 1. The highest BCUT2D eigenvalue weighted by Gasteiger charge is 2.13. The number of carbonyl (C=O) groups excluding carboxylic acids is 1. The molecule has 15 heavy (non-hydrogen) atoms. The summed E-state index contributed by atoms with van der Waals surface area (Å²) in [4.78, 5) is 15.3. The van der Waals surface area contributed by atoms with Crippen LogP contribution in [-0.4, -0.2) is 28.4 Å². The van der Waals surface area contributed by atoms with Gasteiger partial charge in [-0.25, -0.2) is 4.98 Å². The lowest BCUT2D eigenvalue weighted by Crippen LogP contribution is -2.15. The van der Waals surface area contributed by atoms with Gasteiger partial charge in [0, 0.05) is 25.2 Å². The van der Waals surface area contributed by atoms with Crippen LogP contribution in [0.2, 0.25) is 0 Å². The van der Waals surface area contributed by atoms with Gasteiger partial charge in [0.25, 0.3) is 0 Å². The fraction of sp³-hybridized carbons (Fsp3) is 0.600. The molecule has 1 unspecified atom stereocenters. The normalized spacial score (nSPS) is 12.5. The van der Waals surface area contributed by atoms with Crippen LogP contribution in [0.3, 0.4) is 0 Å². The molecule has 84 valence electrons. The second kappa shape index (κ2) is 5.80. The largest absolute Gasteiger partial charge is 0.469 e. The van der Waals surface area contributed by atoms with E-state index in [0.717, 1.165) is 17.3 Å². The van der Waals surface area contributed by atoms with Crippen molar-refractivity contribution in [2.45, 2.75) is 12.7 Å². The molecule has 0 N–H and O–H groups in total. The molecule has 0 aromatic carbocycles. The van der Waals surface area contributed by atoms with Gasteiger partial charge in [0.15, 0.2) is 0 Å². The number of methoxy groups -OCH3 is 1. The summed E-state index contributed by atoms with van der Waals surface area (Å²) in [6.07, 6.45) is 3.69. The van der Waals surface area contributed by atoms with Crippen LogP contribution in [-0.2, 0) is 22.3 Å². The topological polar surface area (TPSA) is 44.1 Å². The van der Waals surface area contributed by atoms with Crippen molar-refractivity contribution in [2.75, 3.05) is 12.9 Å². The van der Waals surface area contributed by atoms with E-state index in [4.69, 9.17) is 0 Å². The number of imidazole rings is 1. The molecule has 0 radical (unpaired) electrons. The van der Waals surface area contributed by atoms with Crippen LogP contribution < -0.4 is 0 Å². The third-order valence-electron chi connectivity index (χ3n) is 2.12. The van der Waals surface area contributed by atoms with E-state index in [0.29, 0.717) is 0 Å². The van der Waals surface area contributed by atoms with Crippen molar-refractivity contribution >= 4 is 17.7 Å². The Morgan fingerprint density at radius 1 is 1.73 bits per heavy atom. The van der Waals surface area contributed by atoms with Gasteiger partial charge in [-0.1, -0.05) is 6.92 Å². The summed E-state index contributed by atoms with van der Waals surface area (Å²) >= 11 is 1.69. The minimum atomic E-state index is -0.151. The van der Waals surface area contributed by atoms with Crippen molar-refractivity contribution < 1.29 is 9.53 Å². The zero-order chi connectivity index (χ0) is 11.3. The first-order chi connectivity index (χ1) is 7.15. The van der Waals surface area contributed by atoms with E-state index in [-0.39, 0.29) is 11.9 Å². The molecule has 0 saturated heterocycles. The van der Waals surface area contributed by atoms with Gasteiger partial charge >= 0.3 is 5.97 Å². The van der Waals surface area contributed by atoms with Gasteiger partial charge in [0.05, 0.1) is 18.8 Å². The van der Waals surface area contributed by atoms with Gasteiger partial charge < -0.3 is 9.30 Å². The number of carbonyl (C=O) groups is 1. The second-order valence-corrected chi connectivity index (χ2v) is 4.42. The second-order valence-electron chi connectivity index (χ2n) is 3.39. The van der Waals surface area contributed by atoms with E-state index in [2.05, 4.69) is 9.72 Å². The smallest absolute Gasteiger partial charge is 0.309 e. The van der Waals surface area contributed by atoms with Crippen LogP contribution in [0, 0.1) is 5.92 Å². The summed E-state index contributed by atoms with van der Waals surface area (Å²) in [5, 5.41) is 0. The molecular formula is C10H16N2O2S. The van der Waals surface area contributed by atoms with Gasteiger partial charge in [0.2, 0.25) is 0 Å². The number of aromatic nitrogens is 2. The van der Waals surface area contributed by atoms with Gasteiger partial charge in [-0.05, 0) is 0 Å². The molecule has 0 aliphatic rings. The molecule has 1 rings (SSSR count). The average molecular weight is 228 g/mol. The van der Waals surface area contributed by atoms with Gasteiger partial charge in [-0.2, -0.15) is 11.8 Å². The minimum Gasteiger partial charge on any atom is -0.469 e. The van der Waals surface area contributed by atoms with E-state index in [1.807, 2.05) is 24.7 Å². The molecular weight excluding hydrogens is 212 g/mol. The van der Waals surface area contributed by atoms with Crippen LogP contribution in [0.15, 0.2) is 12.4 Å². The maximum absolute atomic E-state index is 11.1. The zero-order valence-electron chi connectivity index (χ0n) is 9.27. The molecule has 0 aliphatic carbocycles. The summed E-state index contributed by atoms with van der Waals surface area (Å²) in [5.74, 6) is 2.41. The highest BCUT2D eigenvalue weighted by molar-refractivity contribution is 7.98. The highest BCUT2D eigenvalue weighted by Crippen LogP contribution is 2.14. The van der Waals surface area contributed by atoms with Crippen molar-refractivity contribution in [3.8, 4) is 0 Å². The first-order valence-corrected chi connectivity index (χ1v) is 5.92. The van der Waals surface area contributed by atoms with Crippen LogP contribution in [0.4, 0.5) is 0 Å². The van der Waals surface area contributed by atoms with Crippen molar-refractivity contribution in [1.29, 1.82) is 0 Å². The lowest BCUT2D eigenvalue weighted by atomic mass is 10.2. The molecule has 1 atom stereocenters. The van der Waals surface area contributed by atoms with Crippen LogP contribution in [0.1, 0.15) is 12.7 Å². The number of rotatable bonds is 5. The molecule has 1 aromatic rings. The Morgan fingerprint density at radius 2 is 2.47 bits per heavy atom. The van der Waals surface area contributed by atoms with Crippen LogP contribution in [0.5, 0.6) is 0 Å². The van der Waals surface area contributed by atoms with E-state index >= 15 is 0 Å². The number of nitrogens with zero attached hydrogens (tertiary/aromatic N) is 2. The Hall–Kier alpha value is -0.970. The third-order valence-corrected chi connectivity index (χ3v) is 3.32. The zero-order valence-corrected chi connectivity index (χ0v) is 10.1. The van der Waals surface area contributed by atoms with Crippen LogP contribution >= 0.6 is 11.8 Å². The number of hydrogen-bond donors (Lipinski definition) is 0. The van der Waals surface area contributed by atoms with Gasteiger partial charge in [0.1, 0.15) is 5.82 Å². The molecule has 0 saturated carbocycles. The van der Waals surface area contributed by atoms with Crippen molar-refractivity contribution in [3.63, 3.8) is 0 Å². The molecule has 0 spiro atoms. The van der Waals surface area contributed by atoms with E-state index in [1.54, 1.807) is 18.0 Å². The highest BCUT2D eigenvalue weighted by atomic mass is 32.2. The lowest BCUT2D eigenvalue weighted by molar-refractivity contribution is -0.143. The van der Waals surface area contributed by atoms with E-state index in [9.17, 15) is 4.79 Å². The number of hydrogen-bond acceptors (Lipinski definition) is 4. The minimum absolute atomic E-state index is 0.0553. The third kappa shape index (κ3) is 3.58. The molecule has 0 aliphatic heterocycles. The monoisotopic (exact) mass is 228 g/mol. The van der Waals surface area contributed by atoms with Crippen LogP contribution in [0.25, 0.3) is 0 Å². The lowest BCUT2D eigenvalue weighted by Gasteiger charge is -2.08. The Kier molecular flexibility index (Phi) is 4.68. The number of ether oxygens (including phenoxy) is 1. The van der Waals surface area contributed by atoms with Gasteiger partial charge in [-0.15, -0.1) is 0 Å². The Morgan fingerprint density at radius 3 is 3.00 bits per heavy atom. The summed E-state index contributed by atoms with van der Waals surface area (Å²) in [7, 11) is 3.38. The average Bonchev–Trinajstić information content (AvgIpc) is 2.63. The molecule has 1 aromatic heterocycles. The van der Waals surface area contributed by atoms with E-state index < -0.39 is 0 Å². The maximum atomic E-state index is 11.1. The SMILES string of the molecule is COC(=O)C(C)CSCc1nccn1C. The van der Waals surface area contributed by atoms with Gasteiger partial charge in [-0.3, -0.25) is 4.79 Å². The fourth-order valence-corrected chi connectivity index (χ4v) is 2.20. The number of thioether (sulfide) groups is 1. The molecule has 0 amide bonds. The predicted molar refractivity (Wildman–Crippen MR) is 60.6 cm³/mol. The summed E-state index contributed by atoms with van der Waals surface area (Å²) in [6.45, 7) is 1.87. The standard InChI is InChI=1S/C10H16N2O2S/c1-8(10(13)14-3)6-15-7-9-11-4-5-12(9)2/h4-5,8H,6-7H2,1-3H3. The predicted octanol–water partition coefficient (Wildman–Crippen LogP) is 1.46. The summed E-state index contributed by atoms with van der Waals surface area (Å²) in [6, 6.07) is 0. The quantitative estimate of drug-likeness (QED) is 0.716. The Labute approximate surface area is 94.0 Å². The Balaban J connectivity index is 2.28. The molecule has 0 bridgehead atoms. The molecule has 5 heteroatoms. The Bertz CT molecular complexity index is 325. The first kappa shape index (κ1) is 12.1. The number of esters is 1. The van der Waals surface area contributed by atoms with Crippen molar-refractivity contribution in [1.82, 2.24) is 9.55 Å². The maximum Gasteiger partial charge on any atom is 0.309 e. The van der Waals surface area contributed by atoms with E-state index in [1.165, 1.54) is 7.11 Å². The summed E-state index contributed by atoms with van der Waals surface area (Å²) < 4.78 is 6.63. The molecule has 0 fully saturated rings. The molecule has 4 nitrogen and oxygen atoms in total. The summed E-state index contributed by atoms with van der Waals surface area (Å²) in [5.41, 5.74) is 0. The van der Waals surface area contributed by atoms with Crippen molar-refractivity contribution in [2.24, 2.45) is 13.0 Å². The fourth-order valence-electron chi connectivity index (χ4n) is 1.13. The molecule has 1 heterocycles.